The largest absolute Gasteiger partial charge is 0.462 e. The van der Waals surface area contributed by atoms with Gasteiger partial charge < -0.3 is 10.1 Å². The van der Waals surface area contributed by atoms with E-state index in [0.29, 0.717) is 23.8 Å². The maximum Gasteiger partial charge on any atom is 0.336 e. The number of hydrogen-bond donors (Lipinski definition) is 1. The van der Waals surface area contributed by atoms with E-state index in [1.165, 1.54) is 35.0 Å². The summed E-state index contributed by atoms with van der Waals surface area (Å²) in [7, 11) is 0. The Morgan fingerprint density at radius 1 is 1.03 bits per heavy atom. The summed E-state index contributed by atoms with van der Waals surface area (Å²) >= 11 is 0. The summed E-state index contributed by atoms with van der Waals surface area (Å²) in [5, 5.41) is 7.13. The molecule has 0 radical (unpaired) electrons. The Hall–Kier alpha value is -4.07. The molecule has 0 saturated carbocycles. The molecule has 0 fully saturated rings. The van der Waals surface area contributed by atoms with Gasteiger partial charge >= 0.3 is 6.01 Å². The second-order valence-corrected chi connectivity index (χ2v) is 7.83. The topological polar surface area (TPSA) is 69.0 Å². The quantitative estimate of drug-likeness (QED) is 0.405. The van der Waals surface area contributed by atoms with E-state index < -0.39 is 17.5 Å². The van der Waals surface area contributed by atoms with Crippen LogP contribution in [0.4, 0.5) is 14.5 Å². The molecule has 0 bridgehead atoms. The Labute approximate surface area is 189 Å². The molecule has 4 aromatic rings. The van der Waals surface area contributed by atoms with Crippen molar-refractivity contribution in [3.63, 3.8) is 0 Å². The number of benzene rings is 3. The van der Waals surface area contributed by atoms with Crippen LogP contribution >= 0.6 is 0 Å². The molecule has 0 aliphatic rings. The Kier molecular flexibility index (Phi) is 6.44. The summed E-state index contributed by atoms with van der Waals surface area (Å²) in [6.07, 6.45) is 0. The standard InChI is InChI=1S/C25H22F2N4O2/c1-16(2)15-33-25-29-23(21-8-3-4-9-22(21)27)31(30-25)20-12-10-19(11-13-20)28-24(32)17-6-5-7-18(26)14-17/h3-14,16H,15H2,1-2H3,(H,28,32). The summed E-state index contributed by atoms with van der Waals surface area (Å²) < 4.78 is 35.0. The summed E-state index contributed by atoms with van der Waals surface area (Å²) in [5.74, 6) is -0.779. The van der Waals surface area contributed by atoms with Crippen LogP contribution in [-0.4, -0.2) is 27.3 Å². The number of anilines is 1. The lowest BCUT2D eigenvalue weighted by Gasteiger charge is -2.09. The van der Waals surface area contributed by atoms with Gasteiger partial charge in [-0.1, -0.05) is 32.0 Å². The van der Waals surface area contributed by atoms with Crippen molar-refractivity contribution in [2.45, 2.75) is 13.8 Å². The van der Waals surface area contributed by atoms with Crippen molar-refractivity contribution in [1.82, 2.24) is 14.8 Å². The monoisotopic (exact) mass is 448 g/mol. The Bertz CT molecular complexity index is 1270. The molecular formula is C25H22F2N4O2. The van der Waals surface area contributed by atoms with Crippen LogP contribution in [0.25, 0.3) is 17.1 Å². The van der Waals surface area contributed by atoms with Gasteiger partial charge in [0.25, 0.3) is 5.91 Å². The normalized spacial score (nSPS) is 10.9. The zero-order chi connectivity index (χ0) is 23.4. The predicted octanol–water partition coefficient (Wildman–Crippen LogP) is 5.50. The van der Waals surface area contributed by atoms with Gasteiger partial charge in [-0.25, -0.2) is 13.5 Å². The SMILES string of the molecule is CC(C)COc1nc(-c2ccccc2F)n(-c2ccc(NC(=O)c3cccc(F)c3)cc2)n1. The third-order valence-electron chi connectivity index (χ3n) is 4.70. The molecule has 0 aliphatic heterocycles. The van der Waals surface area contributed by atoms with Crippen molar-refractivity contribution in [3.8, 4) is 23.1 Å². The van der Waals surface area contributed by atoms with Crippen molar-refractivity contribution >= 4 is 11.6 Å². The van der Waals surface area contributed by atoms with E-state index in [1.54, 1.807) is 42.5 Å². The van der Waals surface area contributed by atoms with Gasteiger partial charge in [-0.05, 0) is 60.5 Å². The molecule has 3 aromatic carbocycles. The van der Waals surface area contributed by atoms with E-state index in [0.717, 1.165) is 0 Å². The first-order valence-electron chi connectivity index (χ1n) is 10.4. The molecule has 0 saturated heterocycles. The molecule has 6 nitrogen and oxygen atoms in total. The minimum Gasteiger partial charge on any atom is -0.462 e. The molecule has 1 amide bonds. The minimum absolute atomic E-state index is 0.144. The second kappa shape index (κ2) is 9.60. The third kappa shape index (κ3) is 5.23. The van der Waals surface area contributed by atoms with Crippen LogP contribution in [0, 0.1) is 17.6 Å². The molecule has 33 heavy (non-hydrogen) atoms. The van der Waals surface area contributed by atoms with Gasteiger partial charge in [-0.15, -0.1) is 5.10 Å². The Morgan fingerprint density at radius 2 is 1.79 bits per heavy atom. The first-order chi connectivity index (χ1) is 15.9. The van der Waals surface area contributed by atoms with Gasteiger partial charge in [-0.2, -0.15) is 4.98 Å². The minimum atomic E-state index is -0.486. The molecule has 0 aliphatic carbocycles. The van der Waals surface area contributed by atoms with Gasteiger partial charge in [0.15, 0.2) is 5.82 Å². The fraction of sp³-hybridized carbons (Fsp3) is 0.160. The average molecular weight is 448 g/mol. The van der Waals surface area contributed by atoms with Crippen molar-refractivity contribution in [3.05, 3.63) is 90.0 Å². The first kappa shape index (κ1) is 22.1. The van der Waals surface area contributed by atoms with Crippen molar-refractivity contribution in [2.75, 3.05) is 11.9 Å². The van der Waals surface area contributed by atoms with E-state index in [4.69, 9.17) is 4.74 Å². The lowest BCUT2D eigenvalue weighted by Crippen LogP contribution is -2.12. The zero-order valence-electron chi connectivity index (χ0n) is 18.1. The maximum atomic E-state index is 14.5. The maximum absolute atomic E-state index is 14.5. The van der Waals surface area contributed by atoms with Crippen molar-refractivity contribution in [1.29, 1.82) is 0 Å². The van der Waals surface area contributed by atoms with E-state index >= 15 is 0 Å². The molecule has 0 unspecified atom stereocenters. The van der Waals surface area contributed by atoms with Crippen LogP contribution in [0.5, 0.6) is 6.01 Å². The number of carbonyl (C=O) groups excluding carboxylic acids is 1. The highest BCUT2D eigenvalue weighted by Gasteiger charge is 2.18. The van der Waals surface area contributed by atoms with Crippen LogP contribution in [0.2, 0.25) is 0 Å². The number of hydrogen-bond acceptors (Lipinski definition) is 4. The number of halogens is 2. The highest BCUT2D eigenvalue weighted by Crippen LogP contribution is 2.26. The number of nitrogens with one attached hydrogen (secondary N) is 1. The lowest BCUT2D eigenvalue weighted by atomic mass is 10.2. The fourth-order valence-electron chi connectivity index (χ4n) is 3.11. The summed E-state index contributed by atoms with van der Waals surface area (Å²) in [4.78, 5) is 16.8. The van der Waals surface area contributed by atoms with Crippen LogP contribution in [-0.2, 0) is 0 Å². The predicted molar refractivity (Wildman–Crippen MR) is 121 cm³/mol. The molecular weight excluding hydrogens is 426 g/mol. The van der Waals surface area contributed by atoms with Gasteiger partial charge in [0, 0.05) is 11.3 Å². The Balaban J connectivity index is 1.62. The number of aromatic nitrogens is 3. The van der Waals surface area contributed by atoms with Crippen LogP contribution in [0.1, 0.15) is 24.2 Å². The van der Waals surface area contributed by atoms with E-state index in [2.05, 4.69) is 15.4 Å². The molecule has 0 spiro atoms. The Morgan fingerprint density at radius 3 is 2.48 bits per heavy atom. The van der Waals surface area contributed by atoms with Gasteiger partial charge in [-0.3, -0.25) is 4.79 Å². The summed E-state index contributed by atoms with van der Waals surface area (Å²) in [6, 6.07) is 18.7. The molecule has 1 aromatic heterocycles. The third-order valence-corrected chi connectivity index (χ3v) is 4.70. The summed E-state index contributed by atoms with van der Waals surface area (Å²) in [6.45, 7) is 4.43. The molecule has 1 heterocycles. The van der Waals surface area contributed by atoms with Crippen molar-refractivity contribution < 1.29 is 18.3 Å². The first-order valence-corrected chi connectivity index (χ1v) is 10.4. The van der Waals surface area contributed by atoms with Gasteiger partial charge in [0.1, 0.15) is 11.6 Å². The van der Waals surface area contributed by atoms with E-state index in [1.807, 2.05) is 13.8 Å². The van der Waals surface area contributed by atoms with Crippen LogP contribution in [0.3, 0.4) is 0 Å². The highest BCUT2D eigenvalue weighted by molar-refractivity contribution is 6.04. The molecule has 8 heteroatoms. The van der Waals surface area contributed by atoms with E-state index in [9.17, 15) is 13.6 Å². The molecule has 1 N–H and O–H groups in total. The second-order valence-electron chi connectivity index (χ2n) is 7.83. The number of amides is 1. The smallest absolute Gasteiger partial charge is 0.336 e. The number of carbonyl (C=O) groups is 1. The average Bonchev–Trinajstić information content (AvgIpc) is 3.22. The summed E-state index contributed by atoms with van der Waals surface area (Å²) in [5.41, 5.74) is 1.61. The number of rotatable bonds is 7. The molecule has 4 rings (SSSR count). The fourth-order valence-corrected chi connectivity index (χ4v) is 3.11. The lowest BCUT2D eigenvalue weighted by molar-refractivity contribution is 0.102. The molecule has 0 atom stereocenters. The van der Waals surface area contributed by atoms with Crippen molar-refractivity contribution in [2.24, 2.45) is 5.92 Å². The van der Waals surface area contributed by atoms with Gasteiger partial charge in [0.2, 0.25) is 0 Å². The van der Waals surface area contributed by atoms with Gasteiger partial charge in [0.05, 0.1) is 17.9 Å². The van der Waals surface area contributed by atoms with Crippen LogP contribution < -0.4 is 10.1 Å². The zero-order valence-corrected chi connectivity index (χ0v) is 18.1. The number of ether oxygens (including phenoxy) is 1. The number of nitrogens with zero attached hydrogens (tertiary/aromatic N) is 3. The highest BCUT2D eigenvalue weighted by atomic mass is 19.1. The van der Waals surface area contributed by atoms with Crippen LogP contribution in [0.15, 0.2) is 72.8 Å². The molecule has 168 valence electrons. The van der Waals surface area contributed by atoms with E-state index in [-0.39, 0.29) is 23.1 Å².